The van der Waals surface area contributed by atoms with Crippen molar-refractivity contribution in [2.75, 3.05) is 18.1 Å². The quantitative estimate of drug-likeness (QED) is 0.777. The lowest BCUT2D eigenvalue weighted by atomic mass is 9.81. The van der Waals surface area contributed by atoms with Crippen LogP contribution < -0.4 is 5.32 Å². The van der Waals surface area contributed by atoms with Crippen molar-refractivity contribution in [3.63, 3.8) is 0 Å². The molecule has 0 saturated carbocycles. The summed E-state index contributed by atoms with van der Waals surface area (Å²) in [6.45, 7) is 9.24. The van der Waals surface area contributed by atoms with E-state index >= 15 is 0 Å². The van der Waals surface area contributed by atoms with Crippen LogP contribution in [0.1, 0.15) is 34.1 Å². The van der Waals surface area contributed by atoms with Crippen LogP contribution in [0.2, 0.25) is 0 Å². The van der Waals surface area contributed by atoms with Crippen LogP contribution in [0.3, 0.4) is 0 Å². The van der Waals surface area contributed by atoms with Gasteiger partial charge in [0.2, 0.25) is 0 Å². The lowest BCUT2D eigenvalue weighted by molar-refractivity contribution is 0.159. The second kappa shape index (κ2) is 5.55. The first-order valence-electron chi connectivity index (χ1n) is 5.92. The molecule has 1 unspecified atom stereocenters. The minimum Gasteiger partial charge on any atom is -0.395 e. The van der Waals surface area contributed by atoms with Crippen molar-refractivity contribution in [2.45, 2.75) is 46.2 Å². The molecule has 1 heterocycles. The fourth-order valence-electron chi connectivity index (χ4n) is 1.92. The van der Waals surface area contributed by atoms with Gasteiger partial charge >= 0.3 is 0 Å². The van der Waals surface area contributed by atoms with Gasteiger partial charge in [-0.05, 0) is 23.5 Å². The lowest BCUT2D eigenvalue weighted by Gasteiger charge is -2.41. The van der Waals surface area contributed by atoms with Crippen LogP contribution >= 0.6 is 11.8 Å². The van der Waals surface area contributed by atoms with Crippen molar-refractivity contribution in [1.82, 2.24) is 5.32 Å². The molecule has 0 spiro atoms. The third-order valence-corrected chi connectivity index (χ3v) is 4.60. The number of aliphatic hydroxyl groups is 1. The standard InChI is InChI=1S/C12H25NOS/c1-9(2)10(7-14)13-11-8-15-6-5-12(11,3)4/h9-11,13-14H,5-8H2,1-4H3/t10-,11?/m1/s1. The molecule has 1 aliphatic rings. The number of nitrogens with one attached hydrogen (secondary N) is 1. The van der Waals surface area contributed by atoms with Gasteiger partial charge in [-0.2, -0.15) is 11.8 Å². The van der Waals surface area contributed by atoms with E-state index in [0.29, 0.717) is 17.4 Å². The van der Waals surface area contributed by atoms with E-state index in [-0.39, 0.29) is 12.6 Å². The first-order chi connectivity index (χ1) is 6.97. The van der Waals surface area contributed by atoms with Gasteiger partial charge < -0.3 is 10.4 Å². The van der Waals surface area contributed by atoms with E-state index in [1.165, 1.54) is 17.9 Å². The summed E-state index contributed by atoms with van der Waals surface area (Å²) in [5.41, 5.74) is 0.369. The molecule has 1 saturated heterocycles. The van der Waals surface area contributed by atoms with Gasteiger partial charge in [0, 0.05) is 17.8 Å². The lowest BCUT2D eigenvalue weighted by Crippen LogP contribution is -2.53. The van der Waals surface area contributed by atoms with Crippen molar-refractivity contribution >= 4 is 11.8 Å². The highest BCUT2D eigenvalue weighted by molar-refractivity contribution is 7.99. The fraction of sp³-hybridized carbons (Fsp3) is 1.00. The summed E-state index contributed by atoms with van der Waals surface area (Å²) in [4.78, 5) is 0. The molecule has 0 bridgehead atoms. The maximum atomic E-state index is 9.33. The highest BCUT2D eigenvalue weighted by Gasteiger charge is 2.34. The van der Waals surface area contributed by atoms with E-state index in [0.717, 1.165) is 0 Å². The van der Waals surface area contributed by atoms with Gasteiger partial charge in [0.1, 0.15) is 0 Å². The SMILES string of the molecule is CC(C)[C@@H](CO)NC1CSCCC1(C)C. The van der Waals surface area contributed by atoms with Gasteiger partial charge in [-0.25, -0.2) is 0 Å². The van der Waals surface area contributed by atoms with E-state index in [2.05, 4.69) is 33.0 Å². The molecule has 2 atom stereocenters. The molecule has 0 aromatic rings. The van der Waals surface area contributed by atoms with Crippen molar-refractivity contribution in [3.8, 4) is 0 Å². The Hall–Kier alpha value is 0.270. The summed E-state index contributed by atoms with van der Waals surface area (Å²) in [5, 5.41) is 13.0. The van der Waals surface area contributed by atoms with Crippen molar-refractivity contribution in [1.29, 1.82) is 0 Å². The summed E-state index contributed by atoms with van der Waals surface area (Å²) in [5.74, 6) is 2.95. The van der Waals surface area contributed by atoms with Crippen molar-refractivity contribution in [2.24, 2.45) is 11.3 Å². The van der Waals surface area contributed by atoms with E-state index in [1.54, 1.807) is 0 Å². The zero-order chi connectivity index (χ0) is 11.5. The van der Waals surface area contributed by atoms with Gasteiger partial charge in [-0.3, -0.25) is 0 Å². The molecule has 3 heteroatoms. The minimum atomic E-state index is 0.243. The molecule has 90 valence electrons. The first-order valence-corrected chi connectivity index (χ1v) is 7.07. The van der Waals surface area contributed by atoms with Gasteiger partial charge in [-0.15, -0.1) is 0 Å². The molecule has 0 amide bonds. The highest BCUT2D eigenvalue weighted by Crippen LogP contribution is 2.34. The Labute approximate surface area is 98.2 Å². The Morgan fingerprint density at radius 1 is 1.47 bits per heavy atom. The maximum Gasteiger partial charge on any atom is 0.0587 e. The predicted octanol–water partition coefficient (Wildman–Crippen LogP) is 2.12. The molecule has 0 aliphatic carbocycles. The Bertz CT molecular complexity index is 194. The van der Waals surface area contributed by atoms with Gasteiger partial charge in [0.15, 0.2) is 0 Å². The van der Waals surface area contributed by atoms with E-state index in [9.17, 15) is 5.11 Å². The van der Waals surface area contributed by atoms with Crippen LogP contribution in [-0.4, -0.2) is 35.3 Å². The smallest absolute Gasteiger partial charge is 0.0587 e. The summed E-state index contributed by atoms with van der Waals surface area (Å²) in [7, 11) is 0. The molecule has 1 aliphatic heterocycles. The summed E-state index contributed by atoms with van der Waals surface area (Å²) < 4.78 is 0. The molecule has 1 rings (SSSR count). The zero-order valence-electron chi connectivity index (χ0n) is 10.4. The molecule has 0 aromatic heterocycles. The molecule has 1 fully saturated rings. The van der Waals surface area contributed by atoms with Gasteiger partial charge in [-0.1, -0.05) is 27.7 Å². The number of aliphatic hydroxyl groups excluding tert-OH is 1. The molecular formula is C12H25NOS. The molecule has 0 radical (unpaired) electrons. The molecular weight excluding hydrogens is 206 g/mol. The van der Waals surface area contributed by atoms with Crippen LogP contribution in [0.25, 0.3) is 0 Å². The second-order valence-corrected chi connectivity index (χ2v) is 6.72. The fourth-order valence-corrected chi connectivity index (χ4v) is 3.54. The average Bonchev–Trinajstić information content (AvgIpc) is 2.15. The van der Waals surface area contributed by atoms with Gasteiger partial charge in [0.05, 0.1) is 6.61 Å². The minimum absolute atomic E-state index is 0.243. The van der Waals surface area contributed by atoms with Crippen LogP contribution in [0.15, 0.2) is 0 Å². The molecule has 0 aromatic carbocycles. The average molecular weight is 231 g/mol. The zero-order valence-corrected chi connectivity index (χ0v) is 11.2. The number of rotatable bonds is 4. The highest BCUT2D eigenvalue weighted by atomic mass is 32.2. The summed E-state index contributed by atoms with van der Waals surface area (Å²) in [6, 6.07) is 0.781. The third-order valence-electron chi connectivity index (χ3n) is 3.54. The number of thioether (sulfide) groups is 1. The monoisotopic (exact) mass is 231 g/mol. The van der Waals surface area contributed by atoms with Crippen molar-refractivity contribution in [3.05, 3.63) is 0 Å². The second-order valence-electron chi connectivity index (χ2n) is 5.57. The third kappa shape index (κ3) is 3.65. The van der Waals surface area contributed by atoms with Crippen LogP contribution in [0.5, 0.6) is 0 Å². The van der Waals surface area contributed by atoms with Crippen LogP contribution in [0.4, 0.5) is 0 Å². The van der Waals surface area contributed by atoms with E-state index in [4.69, 9.17) is 0 Å². The van der Waals surface area contributed by atoms with E-state index < -0.39 is 0 Å². The Morgan fingerprint density at radius 2 is 2.13 bits per heavy atom. The number of hydrogen-bond acceptors (Lipinski definition) is 3. The molecule has 15 heavy (non-hydrogen) atoms. The van der Waals surface area contributed by atoms with Gasteiger partial charge in [0.25, 0.3) is 0 Å². The summed E-state index contributed by atoms with van der Waals surface area (Å²) in [6.07, 6.45) is 1.27. The maximum absolute atomic E-state index is 9.33. The van der Waals surface area contributed by atoms with Crippen molar-refractivity contribution < 1.29 is 5.11 Å². The Balaban J connectivity index is 2.54. The number of hydrogen-bond donors (Lipinski definition) is 2. The first kappa shape index (κ1) is 13.3. The van der Waals surface area contributed by atoms with Crippen LogP contribution in [0, 0.1) is 11.3 Å². The van der Waals surface area contributed by atoms with E-state index in [1.807, 2.05) is 11.8 Å². The summed E-state index contributed by atoms with van der Waals surface area (Å²) >= 11 is 2.03. The molecule has 2 N–H and O–H groups in total. The predicted molar refractivity (Wildman–Crippen MR) is 68.4 cm³/mol. The van der Waals surface area contributed by atoms with Crippen LogP contribution in [-0.2, 0) is 0 Å². The molecule has 2 nitrogen and oxygen atoms in total. The Morgan fingerprint density at radius 3 is 2.60 bits per heavy atom. The Kier molecular flexibility index (Phi) is 4.94. The normalized spacial score (nSPS) is 28.0. The largest absolute Gasteiger partial charge is 0.395 e. The topological polar surface area (TPSA) is 32.3 Å².